The van der Waals surface area contributed by atoms with Crippen molar-refractivity contribution < 1.29 is 0 Å². The van der Waals surface area contributed by atoms with Crippen LogP contribution in [0.25, 0.3) is 21.3 Å². The van der Waals surface area contributed by atoms with Crippen LogP contribution in [0.15, 0.2) is 47.8 Å². The number of hydrogen-bond donors (Lipinski definition) is 0. The van der Waals surface area contributed by atoms with E-state index in [0.717, 1.165) is 31.5 Å². The molecule has 0 saturated heterocycles. The third-order valence-electron chi connectivity index (χ3n) is 5.55. The van der Waals surface area contributed by atoms with Crippen molar-refractivity contribution >= 4 is 10.9 Å². The van der Waals surface area contributed by atoms with Gasteiger partial charge in [0.15, 0.2) is 0 Å². The van der Waals surface area contributed by atoms with Gasteiger partial charge in [0.25, 0.3) is 0 Å². The summed E-state index contributed by atoms with van der Waals surface area (Å²) in [6, 6.07) is 10.3. The first-order valence-corrected chi connectivity index (χ1v) is 9.40. The van der Waals surface area contributed by atoms with Crippen LogP contribution in [-0.4, -0.2) is 34.6 Å². The lowest BCUT2D eigenvalue weighted by atomic mass is 10.1. The molecule has 0 amide bonds. The van der Waals surface area contributed by atoms with Gasteiger partial charge in [-0.25, -0.2) is 0 Å². The maximum absolute atomic E-state index is 9.12. The van der Waals surface area contributed by atoms with Crippen LogP contribution in [-0.2, 0) is 19.4 Å². The maximum Gasteiger partial charge on any atom is 0.0805 e. The van der Waals surface area contributed by atoms with E-state index in [-0.39, 0.29) is 6.04 Å². The summed E-state index contributed by atoms with van der Waals surface area (Å²) in [7, 11) is 2.18. The van der Waals surface area contributed by atoms with Crippen LogP contribution in [0.1, 0.15) is 28.4 Å². The number of likely N-dealkylation sites (N-methyl/N-ethyl adjacent to an activating group) is 1. The second-order valence-electron chi connectivity index (χ2n) is 7.36. The number of aromatic nitrogens is 2. The smallest absolute Gasteiger partial charge is 0.0805 e. The van der Waals surface area contributed by atoms with Crippen LogP contribution >= 0.6 is 0 Å². The molecule has 0 radical (unpaired) electrons. The van der Waals surface area contributed by atoms with Crippen LogP contribution in [0.4, 0.5) is 0 Å². The van der Waals surface area contributed by atoms with Gasteiger partial charge in [0, 0.05) is 60.0 Å². The largest absolute Gasteiger partial charge is 0.344 e. The van der Waals surface area contributed by atoms with Crippen molar-refractivity contribution in [3.05, 3.63) is 75.6 Å². The molecule has 0 bridgehead atoms. The molecule has 6 heteroatoms. The zero-order valence-corrected chi connectivity index (χ0v) is 15.8. The van der Waals surface area contributed by atoms with Gasteiger partial charge in [-0.1, -0.05) is 16.7 Å². The van der Waals surface area contributed by atoms with Crippen molar-refractivity contribution in [2.24, 2.45) is 5.11 Å². The number of azide groups is 1. The number of rotatable bonds is 4. The van der Waals surface area contributed by atoms with E-state index in [1.54, 1.807) is 12.4 Å². The molecule has 1 unspecified atom stereocenters. The molecule has 138 valence electrons. The lowest BCUT2D eigenvalue weighted by Crippen LogP contribution is -2.21. The minimum Gasteiger partial charge on any atom is -0.344 e. The third kappa shape index (κ3) is 3.42. The molecule has 0 fully saturated rings. The number of benzene rings is 1. The maximum atomic E-state index is 9.12. The topological polar surface area (TPSA) is 69.8 Å². The molecular weight excluding hydrogens is 336 g/mol. The van der Waals surface area contributed by atoms with E-state index in [4.69, 9.17) is 5.53 Å². The van der Waals surface area contributed by atoms with E-state index >= 15 is 0 Å². The van der Waals surface area contributed by atoms with Crippen molar-refractivity contribution in [3.63, 3.8) is 0 Å². The Morgan fingerprint density at radius 2 is 1.96 bits per heavy atom. The summed E-state index contributed by atoms with van der Waals surface area (Å²) < 4.78 is 2.38. The predicted octanol–water partition coefficient (Wildman–Crippen LogP) is 4.43. The monoisotopic (exact) mass is 360 g/mol. The Labute approximate surface area is 159 Å². The third-order valence-corrected chi connectivity index (χ3v) is 5.55. The van der Waals surface area contributed by atoms with Crippen molar-refractivity contribution in [1.82, 2.24) is 14.5 Å². The Morgan fingerprint density at radius 1 is 1.19 bits per heavy atom. The van der Waals surface area contributed by atoms with Gasteiger partial charge in [-0.15, -0.1) is 0 Å². The molecule has 0 N–H and O–H groups in total. The molecule has 2 aromatic heterocycles. The van der Waals surface area contributed by atoms with Gasteiger partial charge in [0.1, 0.15) is 0 Å². The number of nitrogens with zero attached hydrogens (tertiary/aromatic N) is 6. The van der Waals surface area contributed by atoms with Crippen molar-refractivity contribution in [2.75, 3.05) is 20.1 Å². The molecule has 0 spiro atoms. The first kappa shape index (κ1) is 17.6. The van der Waals surface area contributed by atoms with Crippen LogP contribution in [0.5, 0.6) is 0 Å². The quantitative estimate of drug-likeness (QED) is 0.392. The molecule has 3 heterocycles. The van der Waals surface area contributed by atoms with E-state index in [1.165, 1.54) is 27.7 Å². The summed E-state index contributed by atoms with van der Waals surface area (Å²) in [6.45, 7) is 4.91. The van der Waals surface area contributed by atoms with Crippen molar-refractivity contribution in [3.8, 4) is 0 Å². The minimum absolute atomic E-state index is 0.250. The van der Waals surface area contributed by atoms with Gasteiger partial charge < -0.3 is 9.47 Å². The van der Waals surface area contributed by atoms with E-state index in [9.17, 15) is 0 Å². The fraction of sp³-hybridized carbons (Fsp3) is 0.381. The molecular formula is C21H24N6. The second-order valence-corrected chi connectivity index (χ2v) is 7.36. The average molecular weight is 360 g/mol. The molecule has 0 saturated carbocycles. The summed E-state index contributed by atoms with van der Waals surface area (Å²) in [4.78, 5) is 9.59. The summed E-state index contributed by atoms with van der Waals surface area (Å²) in [5, 5.41) is 5.44. The van der Waals surface area contributed by atoms with Gasteiger partial charge >= 0.3 is 0 Å². The van der Waals surface area contributed by atoms with Gasteiger partial charge in [-0.05, 0) is 61.3 Å². The van der Waals surface area contributed by atoms with E-state index in [1.807, 2.05) is 12.1 Å². The Morgan fingerprint density at radius 3 is 2.74 bits per heavy atom. The molecule has 6 nitrogen and oxygen atoms in total. The summed E-state index contributed by atoms with van der Waals surface area (Å²) in [5.41, 5.74) is 15.5. The zero-order chi connectivity index (χ0) is 18.8. The highest BCUT2D eigenvalue weighted by molar-refractivity contribution is 5.86. The average Bonchev–Trinajstić information content (AvgIpc) is 2.82. The first-order valence-electron chi connectivity index (χ1n) is 9.40. The lowest BCUT2D eigenvalue weighted by Gasteiger charge is -2.17. The Bertz CT molecular complexity index is 1000. The zero-order valence-electron chi connectivity index (χ0n) is 15.8. The molecule has 1 atom stereocenters. The van der Waals surface area contributed by atoms with Crippen LogP contribution in [0.3, 0.4) is 0 Å². The minimum atomic E-state index is -0.250. The highest BCUT2D eigenvalue weighted by Crippen LogP contribution is 2.32. The number of pyridine rings is 1. The van der Waals surface area contributed by atoms with Crippen LogP contribution in [0.2, 0.25) is 0 Å². The Balaban J connectivity index is 1.84. The number of aryl methyl sites for hydroxylation is 1. The fourth-order valence-corrected chi connectivity index (χ4v) is 4.10. The summed E-state index contributed by atoms with van der Waals surface area (Å²) in [5.74, 6) is 0. The fourth-order valence-electron chi connectivity index (χ4n) is 4.10. The van der Waals surface area contributed by atoms with E-state index < -0.39 is 0 Å². The SMILES string of the molecule is Cc1ccc2c(c1)c1c(n2CC(N=[N+]=[N-])c2ccncc2)CCN(C)CC1. The number of fused-ring (bicyclic) bond motifs is 3. The van der Waals surface area contributed by atoms with Gasteiger partial charge in [0.2, 0.25) is 0 Å². The molecule has 27 heavy (non-hydrogen) atoms. The van der Waals surface area contributed by atoms with Crippen LogP contribution < -0.4 is 0 Å². The highest BCUT2D eigenvalue weighted by atomic mass is 15.2. The molecule has 3 aromatic rings. The Kier molecular flexibility index (Phi) is 4.84. The molecule has 1 aliphatic rings. The predicted molar refractivity (Wildman–Crippen MR) is 108 cm³/mol. The van der Waals surface area contributed by atoms with Gasteiger partial charge in [-0.3, -0.25) is 4.98 Å². The lowest BCUT2D eigenvalue weighted by molar-refractivity contribution is 0.350. The second kappa shape index (κ2) is 7.43. The summed E-state index contributed by atoms with van der Waals surface area (Å²) >= 11 is 0. The first-order chi connectivity index (χ1) is 13.2. The standard InChI is InChI=1S/C21H24N6/c1-15-3-4-20-18(13-15)17-7-11-26(2)12-8-21(17)27(20)14-19(24-25-22)16-5-9-23-10-6-16/h3-6,9-10,13,19H,7-8,11-12,14H2,1-2H3. The van der Waals surface area contributed by atoms with E-state index in [0.29, 0.717) is 6.54 Å². The Hall–Kier alpha value is -2.82. The molecule has 1 aliphatic heterocycles. The summed E-state index contributed by atoms with van der Waals surface area (Å²) in [6.07, 6.45) is 5.57. The highest BCUT2D eigenvalue weighted by Gasteiger charge is 2.22. The van der Waals surface area contributed by atoms with Gasteiger partial charge in [0.05, 0.1) is 6.04 Å². The molecule has 4 rings (SSSR count). The molecule has 1 aromatic carbocycles. The van der Waals surface area contributed by atoms with Gasteiger partial charge in [-0.2, -0.15) is 0 Å². The molecule has 0 aliphatic carbocycles. The van der Waals surface area contributed by atoms with E-state index in [2.05, 4.69) is 56.6 Å². The van der Waals surface area contributed by atoms with Crippen LogP contribution in [0, 0.1) is 6.92 Å². The van der Waals surface area contributed by atoms with Crippen molar-refractivity contribution in [1.29, 1.82) is 0 Å². The number of hydrogen-bond acceptors (Lipinski definition) is 3. The van der Waals surface area contributed by atoms with Crippen molar-refractivity contribution in [2.45, 2.75) is 32.4 Å². The normalized spacial score (nSPS) is 15.8.